The van der Waals surface area contributed by atoms with Gasteiger partial charge in [-0.2, -0.15) is 0 Å². The van der Waals surface area contributed by atoms with Crippen LogP contribution in [0.2, 0.25) is 10.0 Å². The molecule has 2 aromatic rings. The molecule has 2 aromatic carbocycles. The first kappa shape index (κ1) is 15.6. The van der Waals surface area contributed by atoms with Crippen LogP contribution in [0.3, 0.4) is 0 Å². The molecule has 0 radical (unpaired) electrons. The average Bonchev–Trinajstić information content (AvgIpc) is 2.52. The predicted molar refractivity (Wildman–Crippen MR) is 88.3 cm³/mol. The number of hydrogen-bond donors (Lipinski definition) is 2. The molecule has 0 saturated heterocycles. The monoisotopic (exact) mass is 350 g/mol. The van der Waals surface area contributed by atoms with Crippen molar-refractivity contribution in [1.29, 1.82) is 0 Å². The van der Waals surface area contributed by atoms with Crippen LogP contribution in [0.25, 0.3) is 0 Å². The molecule has 23 heavy (non-hydrogen) atoms. The molecule has 5 nitrogen and oxygen atoms in total. The van der Waals surface area contributed by atoms with Crippen molar-refractivity contribution in [3.05, 3.63) is 58.1 Å². The van der Waals surface area contributed by atoms with E-state index >= 15 is 0 Å². The minimum absolute atomic E-state index is 0.0258. The number of benzene rings is 2. The van der Waals surface area contributed by atoms with Crippen LogP contribution in [-0.4, -0.2) is 24.5 Å². The lowest BCUT2D eigenvalue weighted by Gasteiger charge is -2.25. The zero-order valence-corrected chi connectivity index (χ0v) is 13.3. The SMILES string of the molecule is O=C(NCC1Oc2ccccc2NC1=O)c1ccc(Cl)cc1Cl. The lowest BCUT2D eigenvalue weighted by atomic mass is 10.2. The third-order valence-electron chi connectivity index (χ3n) is 3.33. The molecule has 118 valence electrons. The average molecular weight is 351 g/mol. The Balaban J connectivity index is 1.66. The van der Waals surface area contributed by atoms with Crippen molar-refractivity contribution >= 4 is 40.7 Å². The molecule has 0 bridgehead atoms. The fraction of sp³-hybridized carbons (Fsp3) is 0.125. The van der Waals surface area contributed by atoms with Crippen molar-refractivity contribution in [1.82, 2.24) is 5.32 Å². The summed E-state index contributed by atoms with van der Waals surface area (Å²) in [6.45, 7) is 0.0258. The number of carbonyl (C=O) groups is 2. The standard InChI is InChI=1S/C16H12Cl2N2O3/c17-9-5-6-10(11(18)7-9)15(21)19-8-14-16(22)20-12-3-1-2-4-13(12)23-14/h1-7,14H,8H2,(H,19,21)(H,20,22). The van der Waals surface area contributed by atoms with Crippen molar-refractivity contribution in [2.45, 2.75) is 6.10 Å². The summed E-state index contributed by atoms with van der Waals surface area (Å²) in [7, 11) is 0. The third-order valence-corrected chi connectivity index (χ3v) is 3.88. The highest BCUT2D eigenvalue weighted by atomic mass is 35.5. The first-order chi connectivity index (χ1) is 11.0. The summed E-state index contributed by atoms with van der Waals surface area (Å²) in [5.41, 5.74) is 0.897. The van der Waals surface area contributed by atoms with Gasteiger partial charge in [0.25, 0.3) is 11.8 Å². The molecule has 7 heteroatoms. The Morgan fingerprint density at radius 3 is 2.78 bits per heavy atom. The summed E-state index contributed by atoms with van der Waals surface area (Å²) in [4.78, 5) is 24.1. The van der Waals surface area contributed by atoms with E-state index in [2.05, 4.69) is 10.6 Å². The number of nitrogens with one attached hydrogen (secondary N) is 2. The van der Waals surface area contributed by atoms with E-state index in [9.17, 15) is 9.59 Å². The molecular weight excluding hydrogens is 339 g/mol. The van der Waals surface area contributed by atoms with E-state index in [-0.39, 0.29) is 23.0 Å². The lowest BCUT2D eigenvalue weighted by molar-refractivity contribution is -0.123. The van der Waals surface area contributed by atoms with Gasteiger partial charge in [0.05, 0.1) is 22.8 Å². The van der Waals surface area contributed by atoms with Gasteiger partial charge in [-0.1, -0.05) is 35.3 Å². The largest absolute Gasteiger partial charge is 0.477 e. The number of carbonyl (C=O) groups excluding carboxylic acids is 2. The first-order valence-corrected chi connectivity index (χ1v) is 7.60. The fourth-order valence-electron chi connectivity index (χ4n) is 2.18. The number of ether oxygens (including phenoxy) is 1. The van der Waals surface area contributed by atoms with Crippen LogP contribution in [0.5, 0.6) is 5.75 Å². The normalized spacial score (nSPS) is 16.1. The molecule has 0 spiro atoms. The highest BCUT2D eigenvalue weighted by Gasteiger charge is 2.27. The molecule has 1 aliphatic heterocycles. The summed E-state index contributed by atoms with van der Waals surface area (Å²) in [5, 5.41) is 6.06. The smallest absolute Gasteiger partial charge is 0.267 e. The highest BCUT2D eigenvalue weighted by Crippen LogP contribution is 2.28. The Morgan fingerprint density at radius 1 is 1.22 bits per heavy atom. The van der Waals surface area contributed by atoms with Crippen LogP contribution in [0.4, 0.5) is 5.69 Å². The molecule has 1 atom stereocenters. The summed E-state index contributed by atoms with van der Waals surface area (Å²) in [6, 6.07) is 11.7. The molecule has 2 amide bonds. The van der Waals surface area contributed by atoms with Crippen LogP contribution in [0.15, 0.2) is 42.5 Å². The van der Waals surface area contributed by atoms with E-state index in [1.807, 2.05) is 0 Å². The van der Waals surface area contributed by atoms with Gasteiger partial charge in [-0.15, -0.1) is 0 Å². The van der Waals surface area contributed by atoms with E-state index in [0.717, 1.165) is 0 Å². The predicted octanol–water partition coefficient (Wildman–Crippen LogP) is 3.12. The summed E-state index contributed by atoms with van der Waals surface area (Å²) in [5.74, 6) is -0.149. The van der Waals surface area contributed by atoms with Crippen molar-refractivity contribution in [3.63, 3.8) is 0 Å². The molecule has 0 aromatic heterocycles. The third kappa shape index (κ3) is 3.41. The Labute approximate surface area is 142 Å². The van der Waals surface area contributed by atoms with Crippen LogP contribution in [0, 0.1) is 0 Å². The van der Waals surface area contributed by atoms with Gasteiger partial charge in [0.15, 0.2) is 6.10 Å². The van der Waals surface area contributed by atoms with Crippen molar-refractivity contribution < 1.29 is 14.3 Å². The minimum atomic E-state index is -0.806. The van der Waals surface area contributed by atoms with Gasteiger partial charge in [-0.05, 0) is 30.3 Å². The number of amides is 2. The number of rotatable bonds is 3. The van der Waals surface area contributed by atoms with E-state index in [1.54, 1.807) is 30.3 Å². The number of hydrogen-bond acceptors (Lipinski definition) is 3. The molecule has 3 rings (SSSR count). The summed E-state index contributed by atoms with van der Waals surface area (Å²) >= 11 is 11.8. The Hall–Kier alpha value is -2.24. The zero-order valence-electron chi connectivity index (χ0n) is 11.8. The van der Waals surface area contributed by atoms with Gasteiger partial charge < -0.3 is 15.4 Å². The molecule has 1 unspecified atom stereocenters. The van der Waals surface area contributed by atoms with Gasteiger partial charge in [0.2, 0.25) is 0 Å². The maximum atomic E-state index is 12.1. The van der Waals surface area contributed by atoms with Crippen molar-refractivity contribution in [3.8, 4) is 5.75 Å². The number of anilines is 1. The van der Waals surface area contributed by atoms with E-state index < -0.39 is 12.0 Å². The molecule has 1 heterocycles. The molecule has 2 N–H and O–H groups in total. The quantitative estimate of drug-likeness (QED) is 0.893. The Morgan fingerprint density at radius 2 is 2.00 bits per heavy atom. The van der Waals surface area contributed by atoms with Gasteiger partial charge >= 0.3 is 0 Å². The fourth-order valence-corrected chi connectivity index (χ4v) is 2.68. The molecule has 0 aliphatic carbocycles. The van der Waals surface area contributed by atoms with Gasteiger partial charge in [-0.3, -0.25) is 9.59 Å². The maximum absolute atomic E-state index is 12.1. The minimum Gasteiger partial charge on any atom is -0.477 e. The summed E-state index contributed by atoms with van der Waals surface area (Å²) in [6.07, 6.45) is -0.806. The van der Waals surface area contributed by atoms with Gasteiger partial charge in [0, 0.05) is 5.02 Å². The second-order valence-electron chi connectivity index (χ2n) is 4.93. The molecule has 0 fully saturated rings. The number of para-hydroxylation sites is 2. The van der Waals surface area contributed by atoms with Crippen molar-refractivity contribution in [2.24, 2.45) is 0 Å². The van der Waals surface area contributed by atoms with Crippen LogP contribution >= 0.6 is 23.2 Å². The van der Waals surface area contributed by atoms with Crippen LogP contribution < -0.4 is 15.4 Å². The van der Waals surface area contributed by atoms with E-state index in [1.165, 1.54) is 12.1 Å². The second kappa shape index (κ2) is 6.48. The molecule has 1 aliphatic rings. The van der Waals surface area contributed by atoms with Gasteiger partial charge in [-0.25, -0.2) is 0 Å². The maximum Gasteiger partial charge on any atom is 0.267 e. The van der Waals surface area contributed by atoms with Crippen LogP contribution in [0.1, 0.15) is 10.4 Å². The number of fused-ring (bicyclic) bond motifs is 1. The number of halogens is 2. The topological polar surface area (TPSA) is 67.4 Å². The summed E-state index contributed by atoms with van der Waals surface area (Å²) < 4.78 is 5.60. The van der Waals surface area contributed by atoms with E-state index in [4.69, 9.17) is 27.9 Å². The molecular formula is C16H12Cl2N2O3. The molecule has 0 saturated carbocycles. The first-order valence-electron chi connectivity index (χ1n) is 6.84. The Bertz CT molecular complexity index is 780. The van der Waals surface area contributed by atoms with Crippen LogP contribution in [-0.2, 0) is 4.79 Å². The lowest BCUT2D eigenvalue weighted by Crippen LogP contribution is -2.45. The highest BCUT2D eigenvalue weighted by molar-refractivity contribution is 6.36. The van der Waals surface area contributed by atoms with Gasteiger partial charge in [0.1, 0.15) is 5.75 Å². The second-order valence-corrected chi connectivity index (χ2v) is 5.77. The van der Waals surface area contributed by atoms with Crippen molar-refractivity contribution in [2.75, 3.05) is 11.9 Å². The van der Waals surface area contributed by atoms with E-state index in [0.29, 0.717) is 16.5 Å². The zero-order chi connectivity index (χ0) is 16.4. The Kier molecular flexibility index (Phi) is 4.41.